The molecule has 1 amide bonds. The predicted octanol–water partition coefficient (Wildman–Crippen LogP) is 1.70. The Balaban J connectivity index is 2.37. The van der Waals surface area contributed by atoms with Gasteiger partial charge in [0, 0.05) is 10.5 Å². The summed E-state index contributed by atoms with van der Waals surface area (Å²) in [4.78, 5) is 23.5. The number of rotatable bonds is 1. The highest BCUT2D eigenvalue weighted by atomic mass is 19.1. The molecular weight excluding hydrogens is 259 g/mol. The van der Waals surface area contributed by atoms with Crippen molar-refractivity contribution < 1.29 is 14.5 Å². The first-order valence-electron chi connectivity index (χ1n) is 6.24. The van der Waals surface area contributed by atoms with Gasteiger partial charge in [-0.2, -0.15) is 0 Å². The standard InChI is InChI=1S/C15H11FN2O2/c1-9-13-8-10(16)6-7-11(13)12-4-2-3-5-14(12)18(17-20)15(9)19/h2-9H,1H3/p+1. The SMILES string of the molecule is CC1C(=O)N([NH+]=O)c2ccccc2-c2ccc(F)cc21. The maximum Gasteiger partial charge on any atom is 0.295 e. The summed E-state index contributed by atoms with van der Waals surface area (Å²) in [6.45, 7) is 1.66. The van der Waals surface area contributed by atoms with Crippen LogP contribution in [0.2, 0.25) is 0 Å². The Morgan fingerprint density at radius 3 is 2.65 bits per heavy atom. The fourth-order valence-electron chi connectivity index (χ4n) is 2.57. The average Bonchev–Trinajstić information content (AvgIpc) is 2.55. The zero-order valence-corrected chi connectivity index (χ0v) is 10.8. The summed E-state index contributed by atoms with van der Waals surface area (Å²) in [5.74, 6) is -1.41. The number of carbonyl (C=O) groups excluding carboxylic acids is 1. The van der Waals surface area contributed by atoms with Crippen molar-refractivity contribution in [3.05, 3.63) is 58.8 Å². The number of nitroso groups, excluding NO2 is 1. The molecule has 0 saturated heterocycles. The quantitative estimate of drug-likeness (QED) is 0.858. The van der Waals surface area contributed by atoms with E-state index in [1.807, 2.05) is 12.1 Å². The van der Waals surface area contributed by atoms with Crippen molar-refractivity contribution in [2.45, 2.75) is 12.8 Å². The van der Waals surface area contributed by atoms with Crippen molar-refractivity contribution >= 4 is 11.6 Å². The van der Waals surface area contributed by atoms with E-state index in [1.165, 1.54) is 12.1 Å². The van der Waals surface area contributed by atoms with E-state index in [1.54, 1.807) is 30.4 Å². The van der Waals surface area contributed by atoms with Crippen molar-refractivity contribution in [1.29, 1.82) is 0 Å². The number of carbonyl (C=O) groups is 1. The summed E-state index contributed by atoms with van der Waals surface area (Å²) in [5, 5.41) is 2.64. The lowest BCUT2D eigenvalue weighted by molar-refractivity contribution is -0.484. The molecule has 1 heterocycles. The number of hydrogen-bond donors (Lipinski definition) is 1. The number of amides is 1. The van der Waals surface area contributed by atoms with Crippen molar-refractivity contribution in [2.75, 3.05) is 5.01 Å². The van der Waals surface area contributed by atoms with Gasteiger partial charge < -0.3 is 0 Å². The summed E-state index contributed by atoms with van der Waals surface area (Å²) in [6, 6.07) is 11.4. The van der Waals surface area contributed by atoms with Crippen LogP contribution in [-0.4, -0.2) is 5.91 Å². The first-order chi connectivity index (χ1) is 9.63. The molecule has 0 radical (unpaired) electrons. The van der Waals surface area contributed by atoms with E-state index in [2.05, 4.69) is 0 Å². The van der Waals surface area contributed by atoms with Gasteiger partial charge in [-0.05, 0) is 41.3 Å². The average molecular weight is 271 g/mol. The molecule has 0 aromatic heterocycles. The van der Waals surface area contributed by atoms with Gasteiger partial charge in [0.15, 0.2) is 0 Å². The van der Waals surface area contributed by atoms with Crippen LogP contribution in [0.5, 0.6) is 0 Å². The number of benzene rings is 2. The Bertz CT molecular complexity index is 715. The summed E-state index contributed by atoms with van der Waals surface area (Å²) in [6.07, 6.45) is 0. The van der Waals surface area contributed by atoms with Crippen LogP contribution in [-0.2, 0) is 4.79 Å². The highest BCUT2D eigenvalue weighted by Crippen LogP contribution is 2.39. The van der Waals surface area contributed by atoms with Crippen LogP contribution in [0.15, 0.2) is 42.5 Å². The van der Waals surface area contributed by atoms with Gasteiger partial charge >= 0.3 is 0 Å². The van der Waals surface area contributed by atoms with Gasteiger partial charge in [-0.1, -0.05) is 24.3 Å². The van der Waals surface area contributed by atoms with Crippen LogP contribution in [0.25, 0.3) is 11.1 Å². The topological polar surface area (TPSA) is 51.4 Å². The number of para-hydroxylation sites is 1. The summed E-state index contributed by atoms with van der Waals surface area (Å²) in [7, 11) is 0. The Kier molecular flexibility index (Phi) is 2.82. The third-order valence-electron chi connectivity index (χ3n) is 3.60. The Hall–Kier alpha value is -2.56. The molecule has 2 aromatic rings. The monoisotopic (exact) mass is 271 g/mol. The maximum absolute atomic E-state index is 13.5. The molecule has 5 heteroatoms. The molecule has 0 bridgehead atoms. The number of anilines is 1. The van der Waals surface area contributed by atoms with Gasteiger partial charge in [0.25, 0.3) is 5.91 Å². The molecule has 1 aliphatic heterocycles. The van der Waals surface area contributed by atoms with Gasteiger partial charge in [0.05, 0.1) is 5.92 Å². The molecule has 1 atom stereocenters. The Morgan fingerprint density at radius 2 is 1.90 bits per heavy atom. The Morgan fingerprint density at radius 1 is 1.15 bits per heavy atom. The predicted molar refractivity (Wildman–Crippen MR) is 72.1 cm³/mol. The highest BCUT2D eigenvalue weighted by molar-refractivity contribution is 6.03. The van der Waals surface area contributed by atoms with E-state index in [0.717, 1.165) is 16.1 Å². The molecule has 1 aliphatic rings. The molecule has 0 spiro atoms. The molecule has 100 valence electrons. The van der Waals surface area contributed by atoms with Crippen LogP contribution in [0.1, 0.15) is 18.4 Å². The molecule has 2 aromatic carbocycles. The lowest BCUT2D eigenvalue weighted by Crippen LogP contribution is -2.81. The van der Waals surface area contributed by atoms with Gasteiger partial charge in [0.2, 0.25) is 0 Å². The first-order valence-corrected chi connectivity index (χ1v) is 6.24. The third kappa shape index (κ3) is 1.71. The molecule has 0 fully saturated rings. The van der Waals surface area contributed by atoms with Gasteiger partial charge in [-0.15, -0.1) is 0 Å². The highest BCUT2D eigenvalue weighted by Gasteiger charge is 2.35. The molecule has 0 aliphatic carbocycles. The van der Waals surface area contributed by atoms with Gasteiger partial charge in [0.1, 0.15) is 16.8 Å². The number of fused-ring (bicyclic) bond motifs is 3. The number of hydrogen-bond acceptors (Lipinski definition) is 2. The van der Waals surface area contributed by atoms with Crippen LogP contribution in [0, 0.1) is 10.7 Å². The van der Waals surface area contributed by atoms with E-state index in [-0.39, 0.29) is 0 Å². The van der Waals surface area contributed by atoms with Crippen LogP contribution < -0.4 is 10.3 Å². The minimum absolute atomic E-state index is 0.399. The second kappa shape index (κ2) is 4.52. The second-order valence-corrected chi connectivity index (χ2v) is 4.74. The molecule has 20 heavy (non-hydrogen) atoms. The summed E-state index contributed by atoms with van der Waals surface area (Å²) < 4.78 is 13.5. The normalized spacial score (nSPS) is 17.2. The summed E-state index contributed by atoms with van der Waals surface area (Å²) >= 11 is 0. The van der Waals surface area contributed by atoms with E-state index < -0.39 is 17.6 Å². The van der Waals surface area contributed by atoms with Crippen LogP contribution in [0.4, 0.5) is 10.1 Å². The molecule has 3 rings (SSSR count). The smallest absolute Gasteiger partial charge is 0.268 e. The summed E-state index contributed by atoms with van der Waals surface area (Å²) in [5.41, 5.74) is 2.55. The molecular formula is C15H12FN2O2+. The van der Waals surface area contributed by atoms with Crippen molar-refractivity contribution in [1.82, 2.24) is 0 Å². The fraction of sp³-hybridized carbons (Fsp3) is 0.133. The first kappa shape index (κ1) is 12.5. The van der Waals surface area contributed by atoms with E-state index >= 15 is 0 Å². The van der Waals surface area contributed by atoms with Crippen molar-refractivity contribution in [3.63, 3.8) is 0 Å². The van der Waals surface area contributed by atoms with Gasteiger partial charge in [-0.25, -0.2) is 4.39 Å². The van der Waals surface area contributed by atoms with E-state index in [4.69, 9.17) is 0 Å². The van der Waals surface area contributed by atoms with Crippen molar-refractivity contribution in [3.8, 4) is 11.1 Å². The number of nitrogens with one attached hydrogen (secondary N) is 1. The lowest BCUT2D eigenvalue weighted by Gasteiger charge is -2.11. The zero-order valence-electron chi connectivity index (χ0n) is 10.8. The number of hydrazine groups is 1. The van der Waals surface area contributed by atoms with E-state index in [9.17, 15) is 14.1 Å². The van der Waals surface area contributed by atoms with Gasteiger partial charge in [-0.3, -0.25) is 4.79 Å². The number of nitrogens with zero attached hydrogens (tertiary/aromatic N) is 1. The van der Waals surface area contributed by atoms with Crippen molar-refractivity contribution in [2.24, 2.45) is 0 Å². The third-order valence-corrected chi connectivity index (χ3v) is 3.60. The maximum atomic E-state index is 13.5. The lowest BCUT2D eigenvalue weighted by atomic mass is 9.92. The second-order valence-electron chi connectivity index (χ2n) is 4.74. The van der Waals surface area contributed by atoms with Crippen LogP contribution >= 0.6 is 0 Å². The van der Waals surface area contributed by atoms with Crippen LogP contribution in [0.3, 0.4) is 0 Å². The Labute approximate surface area is 114 Å². The fourth-order valence-corrected chi connectivity index (χ4v) is 2.57. The zero-order chi connectivity index (χ0) is 14.3. The minimum atomic E-state index is -0.602. The van der Waals surface area contributed by atoms with E-state index in [0.29, 0.717) is 11.3 Å². The minimum Gasteiger partial charge on any atom is -0.268 e. The number of halogens is 1. The molecule has 0 saturated carbocycles. The molecule has 1 N–H and O–H groups in total. The molecule has 1 unspecified atom stereocenters. The molecule has 4 nitrogen and oxygen atoms in total. The largest absolute Gasteiger partial charge is 0.295 e.